The van der Waals surface area contributed by atoms with Crippen LogP contribution in [0.25, 0.3) is 0 Å². The molecule has 1 nitrogen and oxygen atoms in total. The van der Waals surface area contributed by atoms with Crippen molar-refractivity contribution in [2.75, 3.05) is 13.6 Å². The average Bonchev–Trinajstić information content (AvgIpc) is 2.16. The van der Waals surface area contributed by atoms with Crippen LogP contribution in [0.5, 0.6) is 0 Å². The van der Waals surface area contributed by atoms with Crippen molar-refractivity contribution in [1.82, 2.24) is 5.32 Å². The molecule has 3 heteroatoms. The maximum absolute atomic E-state index is 13.3. The lowest BCUT2D eigenvalue weighted by atomic mass is 10.1. The monoisotopic (exact) mass is 167 g/mol. The zero-order chi connectivity index (χ0) is 6.74. The quantitative estimate of drug-likeness (QED) is 0.663. The van der Waals surface area contributed by atoms with E-state index in [0.717, 1.165) is 25.7 Å². The SMILES string of the molecule is CNCC1(F)CCCC1.Cl. The first-order valence-electron chi connectivity index (χ1n) is 3.60. The molecule has 0 saturated heterocycles. The van der Waals surface area contributed by atoms with Crippen LogP contribution in [0.2, 0.25) is 0 Å². The Kier molecular flexibility index (Phi) is 4.22. The van der Waals surface area contributed by atoms with Crippen molar-refractivity contribution >= 4 is 12.4 Å². The van der Waals surface area contributed by atoms with Crippen molar-refractivity contribution < 1.29 is 4.39 Å². The largest absolute Gasteiger partial charge is 0.317 e. The number of halogens is 2. The smallest absolute Gasteiger partial charge is 0.123 e. The van der Waals surface area contributed by atoms with Gasteiger partial charge in [-0.2, -0.15) is 0 Å². The minimum absolute atomic E-state index is 0. The lowest BCUT2D eigenvalue weighted by Crippen LogP contribution is -2.31. The van der Waals surface area contributed by atoms with Crippen molar-refractivity contribution in [3.63, 3.8) is 0 Å². The van der Waals surface area contributed by atoms with Gasteiger partial charge >= 0.3 is 0 Å². The molecule has 0 aromatic rings. The van der Waals surface area contributed by atoms with E-state index in [4.69, 9.17) is 0 Å². The third-order valence-corrected chi connectivity index (χ3v) is 1.99. The summed E-state index contributed by atoms with van der Waals surface area (Å²) >= 11 is 0. The van der Waals surface area contributed by atoms with Crippen LogP contribution in [0.15, 0.2) is 0 Å². The summed E-state index contributed by atoms with van der Waals surface area (Å²) in [5.74, 6) is 0. The van der Waals surface area contributed by atoms with Crippen molar-refractivity contribution in [1.29, 1.82) is 0 Å². The van der Waals surface area contributed by atoms with Crippen LogP contribution in [-0.2, 0) is 0 Å². The molecule has 1 fully saturated rings. The molecule has 0 atom stereocenters. The molecular formula is C7H15ClFN. The second-order valence-electron chi connectivity index (χ2n) is 2.89. The van der Waals surface area contributed by atoms with Crippen LogP contribution in [-0.4, -0.2) is 19.3 Å². The molecule has 0 bridgehead atoms. The molecule has 1 rings (SSSR count). The Morgan fingerprint density at radius 3 is 2.30 bits per heavy atom. The molecular weight excluding hydrogens is 153 g/mol. The van der Waals surface area contributed by atoms with Crippen LogP contribution in [0, 0.1) is 0 Å². The molecule has 1 aliphatic carbocycles. The minimum Gasteiger partial charge on any atom is -0.317 e. The van der Waals surface area contributed by atoms with E-state index < -0.39 is 5.67 Å². The number of hydrogen-bond donors (Lipinski definition) is 1. The maximum Gasteiger partial charge on any atom is 0.123 e. The summed E-state index contributed by atoms with van der Waals surface area (Å²) in [4.78, 5) is 0. The molecule has 0 unspecified atom stereocenters. The number of alkyl halides is 1. The normalized spacial score (nSPS) is 22.2. The summed E-state index contributed by atoms with van der Waals surface area (Å²) < 4.78 is 13.3. The van der Waals surface area contributed by atoms with Gasteiger partial charge in [0.15, 0.2) is 0 Å². The molecule has 1 N–H and O–H groups in total. The Balaban J connectivity index is 0.000000810. The standard InChI is InChI=1S/C7H14FN.ClH/c1-9-6-7(8)4-2-3-5-7;/h9H,2-6H2,1H3;1H. The van der Waals surface area contributed by atoms with Crippen LogP contribution < -0.4 is 5.32 Å². The van der Waals surface area contributed by atoms with E-state index in [1.54, 1.807) is 7.05 Å². The van der Waals surface area contributed by atoms with Gasteiger partial charge in [0.05, 0.1) is 0 Å². The van der Waals surface area contributed by atoms with Gasteiger partial charge in [0.25, 0.3) is 0 Å². The summed E-state index contributed by atoms with van der Waals surface area (Å²) in [7, 11) is 1.81. The number of rotatable bonds is 2. The van der Waals surface area contributed by atoms with E-state index in [0.29, 0.717) is 6.54 Å². The molecule has 62 valence electrons. The molecule has 1 aliphatic rings. The Hall–Kier alpha value is 0.180. The molecule has 0 amide bonds. The van der Waals surface area contributed by atoms with Crippen molar-refractivity contribution in [3.05, 3.63) is 0 Å². The fourth-order valence-electron chi connectivity index (χ4n) is 1.50. The van der Waals surface area contributed by atoms with E-state index in [1.165, 1.54) is 0 Å². The summed E-state index contributed by atoms with van der Waals surface area (Å²) in [6.07, 6.45) is 3.65. The highest BCUT2D eigenvalue weighted by atomic mass is 35.5. The predicted molar refractivity (Wildman–Crippen MR) is 43.5 cm³/mol. The molecule has 0 aliphatic heterocycles. The van der Waals surface area contributed by atoms with Gasteiger partial charge < -0.3 is 5.32 Å². The summed E-state index contributed by atoms with van der Waals surface area (Å²) in [5.41, 5.74) is -0.866. The molecule has 0 aromatic carbocycles. The van der Waals surface area contributed by atoms with Crippen LogP contribution in [0.3, 0.4) is 0 Å². The van der Waals surface area contributed by atoms with E-state index >= 15 is 0 Å². The number of hydrogen-bond acceptors (Lipinski definition) is 1. The zero-order valence-corrected chi connectivity index (χ0v) is 7.14. The Morgan fingerprint density at radius 1 is 1.40 bits per heavy atom. The van der Waals surface area contributed by atoms with Gasteiger partial charge in [0.1, 0.15) is 5.67 Å². The predicted octanol–water partition coefficient (Wildman–Crippen LogP) is 1.91. The molecule has 10 heavy (non-hydrogen) atoms. The van der Waals surface area contributed by atoms with Gasteiger partial charge in [-0.25, -0.2) is 4.39 Å². The van der Waals surface area contributed by atoms with E-state index in [1.807, 2.05) is 0 Å². The maximum atomic E-state index is 13.3. The second kappa shape index (κ2) is 4.14. The van der Waals surface area contributed by atoms with Gasteiger partial charge in [-0.1, -0.05) is 12.8 Å². The highest BCUT2D eigenvalue weighted by molar-refractivity contribution is 5.85. The second-order valence-corrected chi connectivity index (χ2v) is 2.89. The lowest BCUT2D eigenvalue weighted by Gasteiger charge is -2.17. The van der Waals surface area contributed by atoms with Crippen LogP contribution >= 0.6 is 12.4 Å². The molecule has 1 saturated carbocycles. The fourth-order valence-corrected chi connectivity index (χ4v) is 1.50. The third kappa shape index (κ3) is 2.43. The van der Waals surface area contributed by atoms with Crippen LogP contribution in [0.4, 0.5) is 4.39 Å². The molecule has 0 radical (unpaired) electrons. The summed E-state index contributed by atoms with van der Waals surface area (Å²) in [6.45, 7) is 0.535. The van der Waals surface area contributed by atoms with Gasteiger partial charge in [0, 0.05) is 6.54 Å². The molecule has 0 heterocycles. The molecule has 0 aromatic heterocycles. The van der Waals surface area contributed by atoms with Crippen molar-refractivity contribution in [2.45, 2.75) is 31.4 Å². The zero-order valence-electron chi connectivity index (χ0n) is 6.32. The van der Waals surface area contributed by atoms with Gasteiger partial charge in [-0.3, -0.25) is 0 Å². The minimum atomic E-state index is -0.866. The van der Waals surface area contributed by atoms with E-state index in [9.17, 15) is 4.39 Å². The highest BCUT2D eigenvalue weighted by Crippen LogP contribution is 2.32. The third-order valence-electron chi connectivity index (χ3n) is 1.99. The molecule has 0 spiro atoms. The Labute approximate surface area is 67.8 Å². The van der Waals surface area contributed by atoms with Gasteiger partial charge in [0.2, 0.25) is 0 Å². The summed E-state index contributed by atoms with van der Waals surface area (Å²) in [5, 5.41) is 2.88. The first-order valence-corrected chi connectivity index (χ1v) is 3.60. The highest BCUT2D eigenvalue weighted by Gasteiger charge is 2.32. The first kappa shape index (κ1) is 10.2. The van der Waals surface area contributed by atoms with Crippen LogP contribution in [0.1, 0.15) is 25.7 Å². The lowest BCUT2D eigenvalue weighted by molar-refractivity contribution is 0.172. The van der Waals surface area contributed by atoms with Gasteiger partial charge in [-0.05, 0) is 19.9 Å². The topological polar surface area (TPSA) is 12.0 Å². The van der Waals surface area contributed by atoms with E-state index in [2.05, 4.69) is 5.32 Å². The Morgan fingerprint density at radius 2 is 1.90 bits per heavy atom. The van der Waals surface area contributed by atoms with Crippen molar-refractivity contribution in [3.8, 4) is 0 Å². The average molecular weight is 168 g/mol. The van der Waals surface area contributed by atoms with E-state index in [-0.39, 0.29) is 12.4 Å². The fraction of sp³-hybridized carbons (Fsp3) is 1.00. The number of nitrogens with one attached hydrogen (secondary N) is 1. The van der Waals surface area contributed by atoms with Gasteiger partial charge in [-0.15, -0.1) is 12.4 Å². The Bertz CT molecular complexity index is 91.6. The first-order chi connectivity index (χ1) is 4.27. The summed E-state index contributed by atoms with van der Waals surface area (Å²) in [6, 6.07) is 0. The van der Waals surface area contributed by atoms with Crippen molar-refractivity contribution in [2.24, 2.45) is 0 Å².